The van der Waals surface area contributed by atoms with E-state index < -0.39 is 0 Å². The van der Waals surface area contributed by atoms with Gasteiger partial charge in [-0.15, -0.1) is 0 Å². The molecule has 1 unspecified atom stereocenters. The first-order chi connectivity index (χ1) is 9.10. The van der Waals surface area contributed by atoms with E-state index in [1.165, 1.54) is 25.9 Å². The Morgan fingerprint density at radius 3 is 2.68 bits per heavy atom. The number of aryl methyl sites for hydroxylation is 1. The van der Waals surface area contributed by atoms with Crippen LogP contribution < -0.4 is 10.9 Å². The van der Waals surface area contributed by atoms with Crippen LogP contribution in [-0.4, -0.2) is 35.6 Å². The molecule has 19 heavy (non-hydrogen) atoms. The smallest absolute Gasteiger partial charge is 0.250 e. The molecule has 4 heteroatoms. The molecule has 0 bridgehead atoms. The number of pyridine rings is 1. The zero-order valence-corrected chi connectivity index (χ0v) is 12.2. The number of nitrogens with zero attached hydrogens (tertiary/aromatic N) is 2. The zero-order chi connectivity index (χ0) is 13.8. The lowest BCUT2D eigenvalue weighted by molar-refractivity contribution is 0.208. The fourth-order valence-electron chi connectivity index (χ4n) is 2.77. The molecule has 1 aliphatic rings. The summed E-state index contributed by atoms with van der Waals surface area (Å²) in [5, 5.41) is 3.55. The second-order valence-electron chi connectivity index (χ2n) is 5.62. The molecule has 2 rings (SSSR count). The van der Waals surface area contributed by atoms with E-state index in [-0.39, 0.29) is 5.56 Å². The largest absolute Gasteiger partial charge is 0.381 e. The molecule has 0 saturated carbocycles. The second-order valence-corrected chi connectivity index (χ2v) is 5.62. The maximum absolute atomic E-state index is 11.6. The van der Waals surface area contributed by atoms with Crippen molar-refractivity contribution in [1.29, 1.82) is 0 Å². The van der Waals surface area contributed by atoms with E-state index in [4.69, 9.17) is 0 Å². The molecule has 106 valence electrons. The molecule has 0 aromatic carbocycles. The molecule has 0 aliphatic carbocycles. The molecule has 0 radical (unpaired) electrons. The third kappa shape index (κ3) is 3.60. The van der Waals surface area contributed by atoms with Crippen molar-refractivity contribution in [2.75, 3.05) is 25.5 Å². The van der Waals surface area contributed by atoms with E-state index >= 15 is 0 Å². The normalized spacial score (nSPS) is 19.3. The van der Waals surface area contributed by atoms with Crippen molar-refractivity contribution in [1.82, 2.24) is 9.47 Å². The standard InChI is InChI=1S/C15H25N3O/c1-4-18-11-14(5-6-15(18)19)16-12(2)13-7-9-17(3)10-8-13/h5-6,11-13,16H,4,7-10H2,1-3H3. The quantitative estimate of drug-likeness (QED) is 0.903. The minimum absolute atomic E-state index is 0.0694. The second kappa shape index (κ2) is 6.24. The molecule has 2 heterocycles. The molecule has 1 aromatic rings. The minimum Gasteiger partial charge on any atom is -0.381 e. The van der Waals surface area contributed by atoms with Crippen LogP contribution in [0.3, 0.4) is 0 Å². The molecule has 1 saturated heterocycles. The molecular formula is C15H25N3O. The van der Waals surface area contributed by atoms with Crippen molar-refractivity contribution in [3.8, 4) is 0 Å². The lowest BCUT2D eigenvalue weighted by atomic mass is 9.90. The summed E-state index contributed by atoms with van der Waals surface area (Å²) in [5.41, 5.74) is 1.12. The van der Waals surface area contributed by atoms with Gasteiger partial charge in [-0.2, -0.15) is 0 Å². The van der Waals surface area contributed by atoms with Gasteiger partial charge < -0.3 is 14.8 Å². The maximum Gasteiger partial charge on any atom is 0.250 e. The Morgan fingerprint density at radius 1 is 1.37 bits per heavy atom. The highest BCUT2D eigenvalue weighted by molar-refractivity contribution is 5.41. The third-order valence-electron chi connectivity index (χ3n) is 4.19. The Kier molecular flexibility index (Phi) is 4.64. The van der Waals surface area contributed by atoms with Crippen LogP contribution in [0.5, 0.6) is 0 Å². The summed E-state index contributed by atoms with van der Waals surface area (Å²) in [7, 11) is 2.19. The number of aromatic nitrogens is 1. The topological polar surface area (TPSA) is 37.3 Å². The molecule has 0 spiro atoms. The summed E-state index contributed by atoms with van der Waals surface area (Å²) in [6.07, 6.45) is 4.42. The average Bonchev–Trinajstić information content (AvgIpc) is 2.41. The van der Waals surface area contributed by atoms with Crippen molar-refractivity contribution in [3.05, 3.63) is 28.7 Å². The van der Waals surface area contributed by atoms with E-state index in [1.807, 2.05) is 19.2 Å². The number of piperidine rings is 1. The van der Waals surface area contributed by atoms with Crippen molar-refractivity contribution in [3.63, 3.8) is 0 Å². The fraction of sp³-hybridized carbons (Fsp3) is 0.667. The van der Waals surface area contributed by atoms with Gasteiger partial charge in [0.1, 0.15) is 0 Å². The van der Waals surface area contributed by atoms with Gasteiger partial charge in [0.2, 0.25) is 0 Å². The SMILES string of the molecule is CCn1cc(NC(C)C2CCN(C)CC2)ccc1=O. The lowest BCUT2D eigenvalue weighted by Crippen LogP contribution is -2.37. The van der Waals surface area contributed by atoms with Crippen LogP contribution in [0.4, 0.5) is 5.69 Å². The zero-order valence-electron chi connectivity index (χ0n) is 12.2. The summed E-state index contributed by atoms with van der Waals surface area (Å²) >= 11 is 0. The molecule has 1 aromatic heterocycles. The summed E-state index contributed by atoms with van der Waals surface area (Å²) in [4.78, 5) is 13.9. The van der Waals surface area contributed by atoms with Crippen molar-refractivity contribution in [2.24, 2.45) is 5.92 Å². The van der Waals surface area contributed by atoms with Gasteiger partial charge in [-0.05, 0) is 58.8 Å². The van der Waals surface area contributed by atoms with Gasteiger partial charge in [-0.1, -0.05) is 0 Å². The Bertz CT molecular complexity index is 461. The highest BCUT2D eigenvalue weighted by Crippen LogP contribution is 2.22. The van der Waals surface area contributed by atoms with Crippen LogP contribution in [0.1, 0.15) is 26.7 Å². The van der Waals surface area contributed by atoms with Gasteiger partial charge in [0, 0.05) is 24.8 Å². The Labute approximate surface area is 115 Å². The Morgan fingerprint density at radius 2 is 2.05 bits per heavy atom. The summed E-state index contributed by atoms with van der Waals surface area (Å²) < 4.78 is 1.74. The van der Waals surface area contributed by atoms with Crippen LogP contribution in [0.25, 0.3) is 0 Å². The Balaban J connectivity index is 1.98. The lowest BCUT2D eigenvalue weighted by Gasteiger charge is -2.33. The number of likely N-dealkylation sites (tertiary alicyclic amines) is 1. The molecule has 1 fully saturated rings. The summed E-state index contributed by atoms with van der Waals surface area (Å²) in [5.74, 6) is 0.721. The summed E-state index contributed by atoms with van der Waals surface area (Å²) in [6.45, 7) is 7.33. The molecular weight excluding hydrogens is 238 g/mol. The predicted molar refractivity (Wildman–Crippen MR) is 79.7 cm³/mol. The first-order valence-corrected chi connectivity index (χ1v) is 7.25. The van der Waals surface area contributed by atoms with Gasteiger partial charge in [-0.3, -0.25) is 4.79 Å². The third-order valence-corrected chi connectivity index (χ3v) is 4.19. The molecule has 1 atom stereocenters. The van der Waals surface area contributed by atoms with Gasteiger partial charge in [0.15, 0.2) is 0 Å². The van der Waals surface area contributed by atoms with Gasteiger partial charge in [-0.25, -0.2) is 0 Å². The van der Waals surface area contributed by atoms with Crippen molar-refractivity contribution in [2.45, 2.75) is 39.3 Å². The first-order valence-electron chi connectivity index (χ1n) is 7.25. The van der Waals surface area contributed by atoms with E-state index in [0.717, 1.165) is 18.2 Å². The van der Waals surface area contributed by atoms with Crippen LogP contribution in [0.15, 0.2) is 23.1 Å². The average molecular weight is 263 g/mol. The fourth-order valence-corrected chi connectivity index (χ4v) is 2.77. The van der Waals surface area contributed by atoms with E-state index in [1.54, 1.807) is 10.6 Å². The number of nitrogens with one attached hydrogen (secondary N) is 1. The first kappa shape index (κ1) is 14.1. The number of rotatable bonds is 4. The predicted octanol–water partition coefficient (Wildman–Crippen LogP) is 2.01. The monoisotopic (exact) mass is 263 g/mol. The molecule has 1 N–H and O–H groups in total. The highest BCUT2D eigenvalue weighted by atomic mass is 16.1. The summed E-state index contributed by atoms with van der Waals surface area (Å²) in [6, 6.07) is 3.99. The van der Waals surface area contributed by atoms with E-state index in [0.29, 0.717) is 6.04 Å². The van der Waals surface area contributed by atoms with Crippen molar-refractivity contribution < 1.29 is 0 Å². The Hall–Kier alpha value is -1.29. The number of hydrogen-bond acceptors (Lipinski definition) is 3. The van der Waals surface area contributed by atoms with Crippen LogP contribution in [0.2, 0.25) is 0 Å². The highest BCUT2D eigenvalue weighted by Gasteiger charge is 2.22. The van der Waals surface area contributed by atoms with Crippen LogP contribution in [-0.2, 0) is 6.54 Å². The van der Waals surface area contributed by atoms with Gasteiger partial charge in [0.05, 0.1) is 5.69 Å². The van der Waals surface area contributed by atoms with Crippen molar-refractivity contribution >= 4 is 5.69 Å². The number of hydrogen-bond donors (Lipinski definition) is 1. The van der Waals surface area contributed by atoms with E-state index in [9.17, 15) is 4.79 Å². The molecule has 1 aliphatic heterocycles. The van der Waals surface area contributed by atoms with Gasteiger partial charge >= 0.3 is 0 Å². The molecule has 4 nitrogen and oxygen atoms in total. The van der Waals surface area contributed by atoms with Crippen LogP contribution >= 0.6 is 0 Å². The van der Waals surface area contributed by atoms with Gasteiger partial charge in [0.25, 0.3) is 5.56 Å². The number of anilines is 1. The molecule has 0 amide bonds. The maximum atomic E-state index is 11.6. The minimum atomic E-state index is 0.0694. The van der Waals surface area contributed by atoms with E-state index in [2.05, 4.69) is 24.2 Å². The van der Waals surface area contributed by atoms with Crippen LogP contribution in [0, 0.1) is 5.92 Å².